The second-order valence-electron chi connectivity index (χ2n) is 3.54. The van der Waals surface area contributed by atoms with E-state index in [1.165, 1.54) is 12.1 Å². The molecule has 0 aliphatic rings. The molecule has 17 heavy (non-hydrogen) atoms. The van der Waals surface area contributed by atoms with E-state index in [9.17, 15) is 4.39 Å². The van der Waals surface area contributed by atoms with Gasteiger partial charge >= 0.3 is 0 Å². The number of hydrogen-bond donors (Lipinski definition) is 0. The van der Waals surface area contributed by atoms with Crippen LogP contribution in [0, 0.1) is 5.82 Å². The quantitative estimate of drug-likeness (QED) is 0.675. The molecule has 0 saturated heterocycles. The average Bonchev–Trinajstić information content (AvgIpc) is 2.33. The molecule has 0 unspecified atom stereocenters. The number of halogens is 2. The zero-order valence-electron chi connectivity index (χ0n) is 9.44. The minimum absolute atomic E-state index is 0. The Labute approximate surface area is 110 Å². The van der Waals surface area contributed by atoms with Gasteiger partial charge in [0.2, 0.25) is 0 Å². The van der Waals surface area contributed by atoms with Crippen LogP contribution in [0.1, 0.15) is 5.56 Å². The Bertz CT molecular complexity index is 456. The Kier molecular flexibility index (Phi) is 5.10. The van der Waals surface area contributed by atoms with E-state index in [1.807, 2.05) is 28.8 Å². The van der Waals surface area contributed by atoms with Gasteiger partial charge in [0, 0.05) is 17.7 Å². The second-order valence-corrected chi connectivity index (χ2v) is 3.54. The molecule has 1 aromatic heterocycles. The van der Waals surface area contributed by atoms with E-state index >= 15 is 0 Å². The van der Waals surface area contributed by atoms with E-state index < -0.39 is 0 Å². The third-order valence-electron chi connectivity index (χ3n) is 2.37. The fourth-order valence-corrected chi connectivity index (χ4v) is 1.49. The smallest absolute Gasteiger partial charge is 0.173 e. The summed E-state index contributed by atoms with van der Waals surface area (Å²) in [5.74, 6) is 0.624. The summed E-state index contributed by atoms with van der Waals surface area (Å²) >= 11 is 0. The lowest BCUT2D eigenvalue weighted by atomic mass is 10.2. The summed E-state index contributed by atoms with van der Waals surface area (Å²) in [6, 6.07) is 10.7. The van der Waals surface area contributed by atoms with E-state index in [0.717, 1.165) is 17.9 Å². The minimum Gasteiger partial charge on any atom is -1.00 e. The van der Waals surface area contributed by atoms with Gasteiger partial charge in [-0.25, -0.2) is 8.96 Å². The summed E-state index contributed by atoms with van der Waals surface area (Å²) < 4.78 is 19.7. The van der Waals surface area contributed by atoms with Crippen LogP contribution in [0.3, 0.4) is 0 Å². The first-order valence-electron chi connectivity index (χ1n) is 5.05. The molecule has 0 radical (unpaired) electrons. The van der Waals surface area contributed by atoms with Gasteiger partial charge in [-0.05, 0) is 24.3 Å². The van der Waals surface area contributed by atoms with Crippen molar-refractivity contribution in [3.63, 3.8) is 0 Å². The molecule has 0 amide bonds. The minimum atomic E-state index is -0.217. The van der Waals surface area contributed by atoms with Gasteiger partial charge in [0.1, 0.15) is 11.6 Å². The van der Waals surface area contributed by atoms with Crippen molar-refractivity contribution in [1.29, 1.82) is 0 Å². The Hall–Kier alpha value is -1.42. The average molecular weight is 298 g/mol. The van der Waals surface area contributed by atoms with E-state index in [2.05, 4.69) is 0 Å². The van der Waals surface area contributed by atoms with Gasteiger partial charge in [-0.3, -0.25) is 0 Å². The van der Waals surface area contributed by atoms with E-state index in [4.69, 9.17) is 4.74 Å². The largest absolute Gasteiger partial charge is 1.00 e. The highest BCUT2D eigenvalue weighted by atomic mass is 79.9. The SMILES string of the molecule is COc1ccc(C[n+]2ccc(F)cc2)cc1.[Br-]. The summed E-state index contributed by atoms with van der Waals surface area (Å²) in [7, 11) is 1.64. The molecule has 0 aliphatic heterocycles. The van der Waals surface area contributed by atoms with Crippen molar-refractivity contribution >= 4 is 0 Å². The topological polar surface area (TPSA) is 13.1 Å². The van der Waals surface area contributed by atoms with Crippen LogP contribution in [0.4, 0.5) is 4.39 Å². The lowest BCUT2D eigenvalue weighted by Gasteiger charge is -2.00. The normalized spacial score (nSPS) is 9.53. The number of methoxy groups -OCH3 is 1. The Morgan fingerprint density at radius 1 is 1.06 bits per heavy atom. The van der Waals surface area contributed by atoms with Crippen LogP contribution in [-0.2, 0) is 6.54 Å². The Balaban J connectivity index is 0.00000144. The Morgan fingerprint density at radius 3 is 2.18 bits per heavy atom. The lowest BCUT2D eigenvalue weighted by Crippen LogP contribution is -3.00. The van der Waals surface area contributed by atoms with E-state index in [-0.39, 0.29) is 22.8 Å². The molecule has 1 aromatic carbocycles. The molecule has 4 heteroatoms. The van der Waals surface area contributed by atoms with E-state index in [0.29, 0.717) is 0 Å². The predicted molar refractivity (Wildman–Crippen MR) is 58.7 cm³/mol. The fraction of sp³-hybridized carbons (Fsp3) is 0.154. The van der Waals surface area contributed by atoms with Crippen molar-refractivity contribution < 1.29 is 30.7 Å². The van der Waals surface area contributed by atoms with E-state index in [1.54, 1.807) is 19.5 Å². The summed E-state index contributed by atoms with van der Waals surface area (Å²) in [5.41, 5.74) is 1.15. The zero-order chi connectivity index (χ0) is 11.4. The molecule has 0 atom stereocenters. The van der Waals surface area contributed by atoms with Gasteiger partial charge in [-0.2, -0.15) is 0 Å². The highest BCUT2D eigenvalue weighted by Crippen LogP contribution is 2.10. The predicted octanol–water partition coefficient (Wildman–Crippen LogP) is -0.826. The number of rotatable bonds is 3. The second kappa shape index (κ2) is 6.35. The molecule has 2 aromatic rings. The van der Waals surface area contributed by atoms with Crippen molar-refractivity contribution in [2.45, 2.75) is 6.54 Å². The summed E-state index contributed by atoms with van der Waals surface area (Å²) in [4.78, 5) is 0. The molecule has 0 bridgehead atoms. The highest BCUT2D eigenvalue weighted by molar-refractivity contribution is 5.26. The molecule has 0 saturated carbocycles. The van der Waals surface area contributed by atoms with Crippen LogP contribution in [0.2, 0.25) is 0 Å². The fourth-order valence-electron chi connectivity index (χ4n) is 1.49. The van der Waals surface area contributed by atoms with Gasteiger partial charge in [0.15, 0.2) is 18.9 Å². The summed E-state index contributed by atoms with van der Waals surface area (Å²) in [5, 5.41) is 0. The first-order valence-corrected chi connectivity index (χ1v) is 5.05. The number of ether oxygens (including phenoxy) is 1. The number of benzene rings is 1. The molecule has 0 spiro atoms. The van der Waals surface area contributed by atoms with Crippen molar-refractivity contribution in [2.75, 3.05) is 7.11 Å². The van der Waals surface area contributed by atoms with Crippen molar-refractivity contribution in [1.82, 2.24) is 0 Å². The first-order chi connectivity index (χ1) is 7.78. The molecule has 90 valence electrons. The van der Waals surface area contributed by atoms with Gasteiger partial charge in [-0.1, -0.05) is 0 Å². The monoisotopic (exact) mass is 297 g/mol. The van der Waals surface area contributed by atoms with Crippen molar-refractivity contribution in [3.8, 4) is 5.75 Å². The van der Waals surface area contributed by atoms with Crippen LogP contribution in [0.15, 0.2) is 48.8 Å². The maximum absolute atomic E-state index is 12.7. The molecule has 0 aliphatic carbocycles. The van der Waals surface area contributed by atoms with Crippen LogP contribution in [-0.4, -0.2) is 7.11 Å². The van der Waals surface area contributed by atoms with Gasteiger partial charge in [-0.15, -0.1) is 0 Å². The lowest BCUT2D eigenvalue weighted by molar-refractivity contribution is -0.688. The molecular formula is C13H13BrFNO. The van der Waals surface area contributed by atoms with Crippen LogP contribution in [0.25, 0.3) is 0 Å². The Morgan fingerprint density at radius 2 is 1.65 bits per heavy atom. The molecular weight excluding hydrogens is 285 g/mol. The van der Waals surface area contributed by atoms with Crippen LogP contribution < -0.4 is 26.3 Å². The van der Waals surface area contributed by atoms with Crippen molar-refractivity contribution in [2.24, 2.45) is 0 Å². The third-order valence-corrected chi connectivity index (χ3v) is 2.37. The van der Waals surface area contributed by atoms with Gasteiger partial charge in [0.05, 0.1) is 7.11 Å². The molecule has 0 N–H and O–H groups in total. The number of pyridine rings is 1. The van der Waals surface area contributed by atoms with Crippen LogP contribution in [0.5, 0.6) is 5.75 Å². The maximum atomic E-state index is 12.7. The van der Waals surface area contributed by atoms with Crippen LogP contribution >= 0.6 is 0 Å². The van der Waals surface area contributed by atoms with Crippen molar-refractivity contribution in [3.05, 3.63) is 60.2 Å². The molecule has 0 fully saturated rings. The maximum Gasteiger partial charge on any atom is 0.173 e. The number of nitrogens with zero attached hydrogens (tertiary/aromatic N) is 1. The molecule has 2 nitrogen and oxygen atoms in total. The highest BCUT2D eigenvalue weighted by Gasteiger charge is 2.02. The molecule has 2 rings (SSSR count). The zero-order valence-corrected chi connectivity index (χ0v) is 11.0. The van der Waals surface area contributed by atoms with Gasteiger partial charge < -0.3 is 21.7 Å². The third kappa shape index (κ3) is 3.82. The standard InChI is InChI=1S/C13H13FNO.BrH/c1-16-13-4-2-11(3-5-13)10-15-8-6-12(14)7-9-15;/h2-9H,10H2,1H3;1H/q+1;/p-1. The summed E-state index contributed by atoms with van der Waals surface area (Å²) in [6.07, 6.45) is 3.44. The molecule has 1 heterocycles. The van der Waals surface area contributed by atoms with Gasteiger partial charge in [0.25, 0.3) is 0 Å². The number of hydrogen-bond acceptors (Lipinski definition) is 1. The number of aromatic nitrogens is 1. The first kappa shape index (κ1) is 13.6. The summed E-state index contributed by atoms with van der Waals surface area (Å²) in [6.45, 7) is 0.726.